The summed E-state index contributed by atoms with van der Waals surface area (Å²) in [6.45, 7) is 6.74. The number of carbonyl (C=O) groups is 1. The lowest BCUT2D eigenvalue weighted by Gasteiger charge is -2.07. The second-order valence-corrected chi connectivity index (χ2v) is 4.39. The Hall–Kier alpha value is -1.36. The predicted molar refractivity (Wildman–Crippen MR) is 65.6 cm³/mol. The zero-order valence-electron chi connectivity index (χ0n) is 10.7. The molecule has 96 valence electrons. The highest BCUT2D eigenvalue weighted by Gasteiger charge is 2.05. The summed E-state index contributed by atoms with van der Waals surface area (Å²) in [6.07, 6.45) is 0.638. The molecule has 0 fully saturated rings. The molecule has 0 aliphatic rings. The summed E-state index contributed by atoms with van der Waals surface area (Å²) >= 11 is 0. The molecule has 5 heteroatoms. The minimum atomic E-state index is -0.369. The number of amides is 1. The van der Waals surface area contributed by atoms with Crippen molar-refractivity contribution in [1.29, 1.82) is 0 Å². The van der Waals surface area contributed by atoms with E-state index in [2.05, 4.69) is 10.4 Å². The van der Waals surface area contributed by atoms with E-state index in [9.17, 15) is 4.79 Å². The second kappa shape index (κ2) is 6.39. The van der Waals surface area contributed by atoms with Gasteiger partial charge in [0.2, 0.25) is 5.91 Å². The molecule has 1 aromatic rings. The van der Waals surface area contributed by atoms with Gasteiger partial charge in [-0.1, -0.05) is 0 Å². The van der Waals surface area contributed by atoms with Crippen LogP contribution < -0.4 is 5.32 Å². The van der Waals surface area contributed by atoms with Gasteiger partial charge in [0.25, 0.3) is 0 Å². The molecule has 0 aromatic carbocycles. The quantitative estimate of drug-likeness (QED) is 0.770. The van der Waals surface area contributed by atoms with E-state index in [1.807, 2.05) is 24.6 Å². The molecule has 0 radical (unpaired) electrons. The number of hydrogen-bond donors (Lipinski definition) is 2. The first-order valence-corrected chi connectivity index (χ1v) is 5.95. The summed E-state index contributed by atoms with van der Waals surface area (Å²) in [5.41, 5.74) is 2.04. The average molecular weight is 239 g/mol. The van der Waals surface area contributed by atoms with Crippen molar-refractivity contribution in [3.8, 4) is 0 Å². The van der Waals surface area contributed by atoms with Crippen molar-refractivity contribution in [1.82, 2.24) is 15.1 Å². The summed E-state index contributed by atoms with van der Waals surface area (Å²) in [5.74, 6) is -0.00166. The average Bonchev–Trinajstić information content (AvgIpc) is 2.54. The molecule has 0 aliphatic heterocycles. The second-order valence-electron chi connectivity index (χ2n) is 4.39. The molecule has 2 N–H and O–H groups in total. The normalized spacial score (nSPS) is 12.5. The van der Waals surface area contributed by atoms with E-state index in [1.165, 1.54) is 0 Å². The number of aliphatic hydroxyl groups is 1. The van der Waals surface area contributed by atoms with Crippen LogP contribution in [0.5, 0.6) is 0 Å². The molecule has 1 rings (SSSR count). The Labute approximate surface area is 102 Å². The van der Waals surface area contributed by atoms with Crippen LogP contribution in [0.4, 0.5) is 0 Å². The molecule has 1 amide bonds. The van der Waals surface area contributed by atoms with Gasteiger partial charge in [0.15, 0.2) is 0 Å². The summed E-state index contributed by atoms with van der Waals surface area (Å²) in [7, 11) is 0. The first kappa shape index (κ1) is 13.7. The predicted octanol–water partition coefficient (Wildman–Crippen LogP) is 0.777. The fourth-order valence-electron chi connectivity index (χ4n) is 1.62. The van der Waals surface area contributed by atoms with Crippen molar-refractivity contribution in [3.05, 3.63) is 17.5 Å². The van der Waals surface area contributed by atoms with Gasteiger partial charge < -0.3 is 10.4 Å². The minimum Gasteiger partial charge on any atom is -0.393 e. The maximum absolute atomic E-state index is 11.5. The van der Waals surface area contributed by atoms with Gasteiger partial charge in [-0.2, -0.15) is 5.10 Å². The molecule has 1 unspecified atom stereocenters. The Morgan fingerprint density at radius 3 is 2.82 bits per heavy atom. The smallest absolute Gasteiger partial charge is 0.221 e. The van der Waals surface area contributed by atoms with E-state index in [1.54, 1.807) is 6.92 Å². The molecular weight excluding hydrogens is 218 g/mol. The Balaban J connectivity index is 2.26. The third kappa shape index (κ3) is 4.99. The largest absolute Gasteiger partial charge is 0.393 e. The van der Waals surface area contributed by atoms with Gasteiger partial charge in [0, 0.05) is 25.2 Å². The Morgan fingerprint density at radius 1 is 1.59 bits per heavy atom. The lowest BCUT2D eigenvalue weighted by Crippen LogP contribution is -2.27. The number of aromatic nitrogens is 2. The van der Waals surface area contributed by atoms with Gasteiger partial charge in [-0.25, -0.2) is 0 Å². The third-order valence-corrected chi connectivity index (χ3v) is 2.54. The first-order chi connectivity index (χ1) is 7.99. The van der Waals surface area contributed by atoms with E-state index in [0.29, 0.717) is 25.9 Å². The number of nitrogens with one attached hydrogen (secondary N) is 1. The molecular formula is C12H21N3O2. The van der Waals surface area contributed by atoms with E-state index in [0.717, 1.165) is 11.4 Å². The van der Waals surface area contributed by atoms with Crippen LogP contribution in [0.25, 0.3) is 0 Å². The molecule has 17 heavy (non-hydrogen) atoms. The van der Waals surface area contributed by atoms with Crippen molar-refractivity contribution < 1.29 is 9.90 Å². The molecule has 0 saturated carbocycles. The van der Waals surface area contributed by atoms with Gasteiger partial charge in [-0.15, -0.1) is 0 Å². The number of aryl methyl sites for hydroxylation is 3. The third-order valence-electron chi connectivity index (χ3n) is 2.54. The monoisotopic (exact) mass is 239 g/mol. The molecule has 0 saturated heterocycles. The Morgan fingerprint density at radius 2 is 2.29 bits per heavy atom. The highest BCUT2D eigenvalue weighted by Crippen LogP contribution is 2.02. The van der Waals surface area contributed by atoms with E-state index in [-0.39, 0.29) is 12.0 Å². The van der Waals surface area contributed by atoms with Crippen LogP contribution in [0.3, 0.4) is 0 Å². The zero-order valence-corrected chi connectivity index (χ0v) is 10.7. The molecule has 0 bridgehead atoms. The highest BCUT2D eigenvalue weighted by molar-refractivity contribution is 5.75. The van der Waals surface area contributed by atoms with Crippen molar-refractivity contribution >= 4 is 5.91 Å². The van der Waals surface area contributed by atoms with Crippen LogP contribution in [0, 0.1) is 13.8 Å². The van der Waals surface area contributed by atoms with E-state index in [4.69, 9.17) is 5.11 Å². The molecule has 0 spiro atoms. The highest BCUT2D eigenvalue weighted by atomic mass is 16.3. The topological polar surface area (TPSA) is 67.2 Å². The van der Waals surface area contributed by atoms with Crippen LogP contribution >= 0.6 is 0 Å². The standard InChI is InChI=1S/C12H21N3O2/c1-9-8-10(2)15(14-9)7-5-12(17)13-6-4-11(3)16/h8,11,16H,4-7H2,1-3H3,(H,13,17). The number of rotatable bonds is 6. The van der Waals surface area contributed by atoms with E-state index < -0.39 is 0 Å². The van der Waals surface area contributed by atoms with Gasteiger partial charge in [0.05, 0.1) is 11.8 Å². The van der Waals surface area contributed by atoms with Crippen molar-refractivity contribution in [2.45, 2.75) is 46.3 Å². The molecule has 1 heterocycles. The zero-order chi connectivity index (χ0) is 12.8. The summed E-state index contributed by atoms with van der Waals surface area (Å²) in [6, 6.07) is 1.99. The van der Waals surface area contributed by atoms with Gasteiger partial charge in [-0.3, -0.25) is 9.48 Å². The molecule has 1 aromatic heterocycles. The lowest BCUT2D eigenvalue weighted by atomic mass is 10.3. The number of hydrogen-bond acceptors (Lipinski definition) is 3. The van der Waals surface area contributed by atoms with Crippen LogP contribution in [-0.4, -0.2) is 33.4 Å². The summed E-state index contributed by atoms with van der Waals surface area (Å²) < 4.78 is 1.84. The van der Waals surface area contributed by atoms with Gasteiger partial charge in [0.1, 0.15) is 0 Å². The van der Waals surface area contributed by atoms with Gasteiger partial charge >= 0.3 is 0 Å². The van der Waals surface area contributed by atoms with Crippen LogP contribution in [0.15, 0.2) is 6.07 Å². The summed E-state index contributed by atoms with van der Waals surface area (Å²) in [4.78, 5) is 11.5. The van der Waals surface area contributed by atoms with Crippen LogP contribution in [-0.2, 0) is 11.3 Å². The maximum Gasteiger partial charge on any atom is 0.221 e. The Kier molecular flexibility index (Phi) is 5.15. The number of aliphatic hydroxyl groups excluding tert-OH is 1. The van der Waals surface area contributed by atoms with Crippen molar-refractivity contribution in [2.24, 2.45) is 0 Å². The van der Waals surface area contributed by atoms with Crippen molar-refractivity contribution in [2.75, 3.05) is 6.54 Å². The van der Waals surface area contributed by atoms with Gasteiger partial charge in [-0.05, 0) is 33.3 Å². The number of carbonyl (C=O) groups excluding carboxylic acids is 1. The lowest BCUT2D eigenvalue weighted by molar-refractivity contribution is -0.121. The molecule has 0 aliphatic carbocycles. The molecule has 1 atom stereocenters. The fourth-order valence-corrected chi connectivity index (χ4v) is 1.62. The summed E-state index contributed by atoms with van der Waals surface area (Å²) in [5, 5.41) is 16.1. The minimum absolute atomic E-state index is 0.00166. The Bertz CT molecular complexity index is 372. The first-order valence-electron chi connectivity index (χ1n) is 5.95. The van der Waals surface area contributed by atoms with Crippen LogP contribution in [0.1, 0.15) is 31.2 Å². The van der Waals surface area contributed by atoms with Crippen molar-refractivity contribution in [3.63, 3.8) is 0 Å². The SMILES string of the molecule is Cc1cc(C)n(CCC(=O)NCCC(C)O)n1. The maximum atomic E-state index is 11.5. The van der Waals surface area contributed by atoms with Crippen LogP contribution in [0.2, 0.25) is 0 Å². The number of nitrogens with zero attached hydrogens (tertiary/aromatic N) is 2. The molecule has 5 nitrogen and oxygen atoms in total. The van der Waals surface area contributed by atoms with E-state index >= 15 is 0 Å². The fraction of sp³-hybridized carbons (Fsp3) is 0.667.